The number of rotatable bonds is 3. The molecule has 4 nitrogen and oxygen atoms in total. The minimum absolute atomic E-state index is 0. The van der Waals surface area contributed by atoms with Gasteiger partial charge in [-0.3, -0.25) is 9.78 Å². The first-order valence-electron chi connectivity index (χ1n) is 14.4. The van der Waals surface area contributed by atoms with Crippen molar-refractivity contribution in [3.05, 3.63) is 95.5 Å². The molecule has 4 aromatic rings. The van der Waals surface area contributed by atoms with Gasteiger partial charge in [-0.15, -0.1) is 35.4 Å². The van der Waals surface area contributed by atoms with E-state index in [-0.39, 0.29) is 42.5 Å². The standard InChI is InChI=1S/C26H23N2.C11H20O2.Ir/c1-16(2)17-9-11-19(12-10-17)24-23-25(28-15-27-24)21-14-13-18-7-5-6-8-20(18)22(21)26(23,3)4;1-10(2,3)8(12)7-9(13)11(4,5)6;/h5-11,13-16H,1-4H3;7,12H,1-6H3;/q-1;;/b;8-7-;. The Morgan fingerprint density at radius 3 is 2.10 bits per heavy atom. The summed E-state index contributed by atoms with van der Waals surface area (Å²) in [6, 6.07) is 22.9. The Kier molecular flexibility index (Phi) is 9.71. The van der Waals surface area contributed by atoms with Gasteiger partial charge in [0.1, 0.15) is 12.1 Å². The molecule has 1 aromatic heterocycles. The van der Waals surface area contributed by atoms with Crippen LogP contribution in [0.15, 0.2) is 72.8 Å². The number of carbonyl (C=O) groups excluding carboxylic acids is 1. The third-order valence-corrected chi connectivity index (χ3v) is 7.82. The van der Waals surface area contributed by atoms with Crippen molar-refractivity contribution in [2.75, 3.05) is 0 Å². The molecule has 0 saturated carbocycles. The van der Waals surface area contributed by atoms with Crippen molar-refractivity contribution in [3.8, 4) is 22.5 Å². The zero-order valence-corrected chi connectivity index (χ0v) is 28.9. The van der Waals surface area contributed by atoms with Crippen LogP contribution in [0.2, 0.25) is 0 Å². The van der Waals surface area contributed by atoms with E-state index in [9.17, 15) is 9.90 Å². The van der Waals surface area contributed by atoms with Gasteiger partial charge >= 0.3 is 0 Å². The molecule has 0 spiro atoms. The van der Waals surface area contributed by atoms with Gasteiger partial charge in [-0.25, -0.2) is 4.98 Å². The molecule has 1 heterocycles. The van der Waals surface area contributed by atoms with Crippen molar-refractivity contribution < 1.29 is 30.0 Å². The molecule has 1 N–H and O–H groups in total. The fourth-order valence-electron chi connectivity index (χ4n) is 5.15. The fourth-order valence-corrected chi connectivity index (χ4v) is 5.15. The Morgan fingerprint density at radius 1 is 0.881 bits per heavy atom. The smallest absolute Gasteiger partial charge is 0.164 e. The molecule has 1 aliphatic rings. The largest absolute Gasteiger partial charge is 0.512 e. The molecule has 223 valence electrons. The van der Waals surface area contributed by atoms with Gasteiger partial charge in [0.15, 0.2) is 5.78 Å². The van der Waals surface area contributed by atoms with Gasteiger partial charge < -0.3 is 5.11 Å². The number of aliphatic hydroxyl groups excluding tert-OH is 1. The van der Waals surface area contributed by atoms with Crippen LogP contribution in [-0.2, 0) is 30.3 Å². The zero-order valence-electron chi connectivity index (χ0n) is 26.5. The number of hydrogen-bond donors (Lipinski definition) is 1. The van der Waals surface area contributed by atoms with Gasteiger partial charge in [0.05, 0.1) is 5.69 Å². The van der Waals surface area contributed by atoms with Crippen molar-refractivity contribution in [1.82, 2.24) is 9.97 Å². The van der Waals surface area contributed by atoms with Crippen LogP contribution in [0.4, 0.5) is 0 Å². The van der Waals surface area contributed by atoms with Crippen molar-refractivity contribution >= 4 is 16.6 Å². The van der Waals surface area contributed by atoms with E-state index in [4.69, 9.17) is 9.97 Å². The quantitative estimate of drug-likeness (QED) is 0.129. The van der Waals surface area contributed by atoms with Gasteiger partial charge in [-0.1, -0.05) is 112 Å². The first-order chi connectivity index (χ1) is 19.0. The molecule has 0 atom stereocenters. The van der Waals surface area contributed by atoms with Crippen LogP contribution in [-0.4, -0.2) is 20.9 Å². The number of allylic oxidation sites excluding steroid dienone is 2. The zero-order chi connectivity index (χ0) is 30.3. The molecule has 5 rings (SSSR count). The van der Waals surface area contributed by atoms with Crippen LogP contribution in [0.3, 0.4) is 0 Å². The van der Waals surface area contributed by atoms with E-state index in [1.54, 1.807) is 6.33 Å². The van der Waals surface area contributed by atoms with Gasteiger partial charge in [0.25, 0.3) is 0 Å². The molecule has 0 amide bonds. The maximum Gasteiger partial charge on any atom is 0.164 e. The predicted molar refractivity (Wildman–Crippen MR) is 170 cm³/mol. The normalized spacial score (nSPS) is 14.0. The summed E-state index contributed by atoms with van der Waals surface area (Å²) < 4.78 is 0. The summed E-state index contributed by atoms with van der Waals surface area (Å²) in [5, 5.41) is 12.1. The monoisotopic (exact) mass is 740 g/mol. The summed E-state index contributed by atoms with van der Waals surface area (Å²) in [5.41, 5.74) is 7.21. The number of benzene rings is 3. The maximum absolute atomic E-state index is 11.5. The fraction of sp³-hybridized carbons (Fsp3) is 0.378. The van der Waals surface area contributed by atoms with Crippen molar-refractivity contribution in [2.24, 2.45) is 10.8 Å². The molecule has 1 aliphatic carbocycles. The molecule has 3 aromatic carbocycles. The van der Waals surface area contributed by atoms with Crippen LogP contribution < -0.4 is 0 Å². The van der Waals surface area contributed by atoms with Crippen molar-refractivity contribution in [3.63, 3.8) is 0 Å². The Morgan fingerprint density at radius 2 is 1.52 bits per heavy atom. The van der Waals surface area contributed by atoms with E-state index in [1.807, 2.05) is 41.5 Å². The number of aliphatic hydroxyl groups is 1. The predicted octanol–water partition coefficient (Wildman–Crippen LogP) is 9.61. The Labute approximate surface area is 265 Å². The van der Waals surface area contributed by atoms with Crippen LogP contribution in [0.25, 0.3) is 33.3 Å². The van der Waals surface area contributed by atoms with E-state index in [0.717, 1.165) is 17.0 Å². The molecule has 0 aliphatic heterocycles. The van der Waals surface area contributed by atoms with Gasteiger partial charge in [-0.2, -0.15) is 0 Å². The van der Waals surface area contributed by atoms with Crippen LogP contribution in [0, 0.1) is 16.9 Å². The summed E-state index contributed by atoms with van der Waals surface area (Å²) >= 11 is 0. The number of carbonyl (C=O) groups is 1. The molecule has 0 fully saturated rings. The first-order valence-corrected chi connectivity index (χ1v) is 14.4. The number of hydrogen-bond acceptors (Lipinski definition) is 4. The van der Waals surface area contributed by atoms with E-state index >= 15 is 0 Å². The molecule has 5 heteroatoms. The SMILES string of the molecule is CC(C)(C)C(=O)/C=C(\O)C(C)(C)C.CC(C)c1c[c-]c(-c2ncnc3c2C(C)(C)c2c-3ccc3ccccc23)cc1.[Ir]. The maximum atomic E-state index is 11.5. The van der Waals surface area contributed by atoms with E-state index in [0.29, 0.717) is 5.92 Å². The first kappa shape index (κ1) is 33.4. The number of ketones is 1. The molecular weight excluding hydrogens is 697 g/mol. The minimum Gasteiger partial charge on any atom is -0.512 e. The van der Waals surface area contributed by atoms with E-state index < -0.39 is 5.41 Å². The summed E-state index contributed by atoms with van der Waals surface area (Å²) in [6.45, 7) is 20.1. The summed E-state index contributed by atoms with van der Waals surface area (Å²) in [5.74, 6) is 0.598. The van der Waals surface area contributed by atoms with Crippen LogP contribution in [0.1, 0.15) is 91.8 Å². The van der Waals surface area contributed by atoms with Crippen molar-refractivity contribution in [1.29, 1.82) is 0 Å². The van der Waals surface area contributed by atoms with E-state index in [2.05, 4.69) is 88.4 Å². The average Bonchev–Trinajstić information content (AvgIpc) is 3.15. The topological polar surface area (TPSA) is 63.1 Å². The number of nitrogens with zero attached hydrogens (tertiary/aromatic N) is 2. The Balaban J connectivity index is 0.000000297. The van der Waals surface area contributed by atoms with Crippen LogP contribution >= 0.6 is 0 Å². The van der Waals surface area contributed by atoms with Crippen molar-refractivity contribution in [2.45, 2.75) is 80.6 Å². The van der Waals surface area contributed by atoms with Crippen LogP contribution in [0.5, 0.6) is 0 Å². The Bertz CT molecular complexity index is 1620. The third kappa shape index (κ3) is 6.58. The second-order valence-electron chi connectivity index (χ2n) is 13.9. The molecule has 42 heavy (non-hydrogen) atoms. The van der Waals surface area contributed by atoms with Gasteiger partial charge in [-0.05, 0) is 27.6 Å². The second kappa shape index (κ2) is 12.2. The second-order valence-corrected chi connectivity index (χ2v) is 13.9. The number of aromatic nitrogens is 2. The molecule has 0 unspecified atom stereocenters. The number of fused-ring (bicyclic) bond motifs is 5. The summed E-state index contributed by atoms with van der Waals surface area (Å²) in [6.07, 6.45) is 3.03. The molecule has 0 saturated heterocycles. The van der Waals surface area contributed by atoms with E-state index in [1.165, 1.54) is 39.1 Å². The minimum atomic E-state index is -0.417. The Hall–Kier alpha value is -3.14. The average molecular weight is 740 g/mol. The molecule has 1 radical (unpaired) electrons. The van der Waals surface area contributed by atoms with Gasteiger partial charge in [0.2, 0.25) is 0 Å². The van der Waals surface area contributed by atoms with Gasteiger partial charge in [0, 0.05) is 48.0 Å². The third-order valence-electron chi connectivity index (χ3n) is 7.82. The molecule has 0 bridgehead atoms. The summed E-state index contributed by atoms with van der Waals surface area (Å²) in [7, 11) is 0. The summed E-state index contributed by atoms with van der Waals surface area (Å²) in [4.78, 5) is 20.9. The molecular formula is C37H43IrN2O2-.